The van der Waals surface area contributed by atoms with Crippen molar-refractivity contribution in [3.05, 3.63) is 17.5 Å². The lowest BCUT2D eigenvalue weighted by atomic mass is 9.98. The Labute approximate surface area is 84.0 Å². The van der Waals surface area contributed by atoms with Gasteiger partial charge in [0.15, 0.2) is 0 Å². The Morgan fingerprint density at radius 1 is 1.71 bits per heavy atom. The second kappa shape index (κ2) is 4.11. The molecule has 1 saturated heterocycles. The van der Waals surface area contributed by atoms with Crippen LogP contribution in [0.4, 0.5) is 0 Å². The van der Waals surface area contributed by atoms with Crippen LogP contribution < -0.4 is 5.73 Å². The molecule has 0 saturated carbocycles. The van der Waals surface area contributed by atoms with Crippen LogP contribution in [0.5, 0.6) is 0 Å². The maximum Gasteiger partial charge on any atom is 0.0681 e. The molecule has 2 N–H and O–H groups in total. The minimum atomic E-state index is 0.468. The van der Waals surface area contributed by atoms with Crippen LogP contribution in [0.15, 0.2) is 6.07 Å². The molecule has 0 bridgehead atoms. The molecule has 78 valence electrons. The van der Waals surface area contributed by atoms with Crippen LogP contribution in [0.2, 0.25) is 0 Å². The van der Waals surface area contributed by atoms with Gasteiger partial charge in [-0.25, -0.2) is 0 Å². The van der Waals surface area contributed by atoms with E-state index < -0.39 is 0 Å². The van der Waals surface area contributed by atoms with Crippen LogP contribution in [0, 0.1) is 0 Å². The van der Waals surface area contributed by atoms with E-state index in [0.29, 0.717) is 12.5 Å². The summed E-state index contributed by atoms with van der Waals surface area (Å²) in [6, 6.07) is 2.10. The summed E-state index contributed by atoms with van der Waals surface area (Å²) in [5.41, 5.74) is 7.82. The molecule has 2 rings (SSSR count). The number of hydrogen-bond donors (Lipinski definition) is 1. The topological polar surface area (TPSA) is 53.1 Å². The van der Waals surface area contributed by atoms with E-state index in [1.165, 1.54) is 6.42 Å². The van der Waals surface area contributed by atoms with E-state index >= 15 is 0 Å². The molecule has 1 atom stereocenters. The van der Waals surface area contributed by atoms with Crippen LogP contribution in [0.25, 0.3) is 0 Å². The summed E-state index contributed by atoms with van der Waals surface area (Å²) in [6.45, 7) is 2.26. The third-order valence-corrected chi connectivity index (χ3v) is 2.78. The number of ether oxygens (including phenoxy) is 1. The molecule has 1 aromatic rings. The number of nitrogens with two attached hydrogens (primary N) is 1. The van der Waals surface area contributed by atoms with Gasteiger partial charge in [0.05, 0.1) is 18.0 Å². The summed E-state index contributed by atoms with van der Waals surface area (Å²) < 4.78 is 7.30. The van der Waals surface area contributed by atoms with Gasteiger partial charge in [0.1, 0.15) is 0 Å². The molecule has 4 nitrogen and oxygen atoms in total. The van der Waals surface area contributed by atoms with Crippen molar-refractivity contribution in [3.8, 4) is 0 Å². The first-order valence-corrected chi connectivity index (χ1v) is 5.12. The Balaban J connectivity index is 2.14. The van der Waals surface area contributed by atoms with E-state index in [2.05, 4.69) is 11.2 Å². The SMILES string of the molecule is Cn1nc(C2CCCOC2)cc1CN. The van der Waals surface area contributed by atoms with Gasteiger partial charge in [-0.05, 0) is 18.9 Å². The maximum absolute atomic E-state index is 5.60. The molecule has 0 amide bonds. The minimum absolute atomic E-state index is 0.468. The molecule has 2 heterocycles. The third-order valence-electron chi connectivity index (χ3n) is 2.78. The number of aryl methyl sites for hydroxylation is 1. The Bertz CT molecular complexity index is 302. The van der Waals surface area contributed by atoms with E-state index in [1.807, 2.05) is 11.7 Å². The maximum atomic E-state index is 5.60. The molecule has 1 aliphatic rings. The first kappa shape index (κ1) is 9.68. The largest absolute Gasteiger partial charge is 0.381 e. The van der Waals surface area contributed by atoms with Gasteiger partial charge >= 0.3 is 0 Å². The summed E-state index contributed by atoms with van der Waals surface area (Å²) in [5, 5.41) is 4.46. The van der Waals surface area contributed by atoms with Crippen LogP contribution in [-0.4, -0.2) is 23.0 Å². The molecule has 0 radical (unpaired) electrons. The highest BCUT2D eigenvalue weighted by Gasteiger charge is 2.19. The van der Waals surface area contributed by atoms with Crippen molar-refractivity contribution in [2.45, 2.75) is 25.3 Å². The van der Waals surface area contributed by atoms with Crippen LogP contribution in [-0.2, 0) is 18.3 Å². The third kappa shape index (κ3) is 1.81. The Kier molecular flexibility index (Phi) is 2.84. The molecular weight excluding hydrogens is 178 g/mol. The van der Waals surface area contributed by atoms with Crippen LogP contribution in [0.3, 0.4) is 0 Å². The highest BCUT2D eigenvalue weighted by molar-refractivity contribution is 5.14. The summed E-state index contributed by atoms with van der Waals surface area (Å²) >= 11 is 0. The normalized spacial score (nSPS) is 22.6. The molecule has 0 aromatic carbocycles. The quantitative estimate of drug-likeness (QED) is 0.758. The van der Waals surface area contributed by atoms with E-state index in [4.69, 9.17) is 10.5 Å². The zero-order valence-electron chi connectivity index (χ0n) is 8.57. The minimum Gasteiger partial charge on any atom is -0.381 e. The number of hydrogen-bond acceptors (Lipinski definition) is 3. The average Bonchev–Trinajstić information content (AvgIpc) is 2.61. The second-order valence-corrected chi connectivity index (χ2v) is 3.80. The van der Waals surface area contributed by atoms with Gasteiger partial charge in [-0.1, -0.05) is 0 Å². The van der Waals surface area contributed by atoms with Gasteiger partial charge in [-0.2, -0.15) is 5.10 Å². The molecule has 1 aromatic heterocycles. The van der Waals surface area contributed by atoms with Crippen LogP contribution in [0.1, 0.15) is 30.1 Å². The van der Waals surface area contributed by atoms with Crippen molar-refractivity contribution in [3.63, 3.8) is 0 Å². The number of aromatic nitrogens is 2. The predicted octanol–water partition coefficient (Wildman–Crippen LogP) is 0.773. The fraction of sp³-hybridized carbons (Fsp3) is 0.700. The fourth-order valence-corrected chi connectivity index (χ4v) is 1.89. The first-order valence-electron chi connectivity index (χ1n) is 5.12. The van der Waals surface area contributed by atoms with Crippen molar-refractivity contribution in [1.29, 1.82) is 0 Å². The average molecular weight is 195 g/mol. The standard InChI is InChI=1S/C10H17N3O/c1-13-9(6-11)5-10(12-13)8-3-2-4-14-7-8/h5,8H,2-4,6-7,11H2,1H3. The van der Waals surface area contributed by atoms with Gasteiger partial charge in [-0.3, -0.25) is 4.68 Å². The van der Waals surface area contributed by atoms with Gasteiger partial charge in [0, 0.05) is 26.1 Å². The van der Waals surface area contributed by atoms with Crippen molar-refractivity contribution in [1.82, 2.24) is 9.78 Å². The van der Waals surface area contributed by atoms with Gasteiger partial charge < -0.3 is 10.5 Å². The van der Waals surface area contributed by atoms with Crippen molar-refractivity contribution in [2.24, 2.45) is 12.8 Å². The van der Waals surface area contributed by atoms with Crippen molar-refractivity contribution in [2.75, 3.05) is 13.2 Å². The molecule has 4 heteroatoms. The molecule has 0 aliphatic carbocycles. The molecule has 1 unspecified atom stereocenters. The van der Waals surface area contributed by atoms with E-state index in [0.717, 1.165) is 31.0 Å². The lowest BCUT2D eigenvalue weighted by molar-refractivity contribution is 0.0791. The van der Waals surface area contributed by atoms with Gasteiger partial charge in [0.25, 0.3) is 0 Å². The van der Waals surface area contributed by atoms with E-state index in [1.54, 1.807) is 0 Å². The lowest BCUT2D eigenvalue weighted by Gasteiger charge is -2.19. The zero-order chi connectivity index (χ0) is 9.97. The zero-order valence-corrected chi connectivity index (χ0v) is 8.57. The number of rotatable bonds is 2. The molecule has 0 spiro atoms. The smallest absolute Gasteiger partial charge is 0.0681 e. The molecule has 1 aliphatic heterocycles. The number of nitrogens with zero attached hydrogens (tertiary/aromatic N) is 2. The molecule has 14 heavy (non-hydrogen) atoms. The van der Waals surface area contributed by atoms with Gasteiger partial charge in [-0.15, -0.1) is 0 Å². The van der Waals surface area contributed by atoms with Gasteiger partial charge in [0.2, 0.25) is 0 Å². The summed E-state index contributed by atoms with van der Waals surface area (Å²) in [5.74, 6) is 0.468. The highest BCUT2D eigenvalue weighted by atomic mass is 16.5. The van der Waals surface area contributed by atoms with Crippen molar-refractivity contribution < 1.29 is 4.74 Å². The Morgan fingerprint density at radius 2 is 2.57 bits per heavy atom. The van der Waals surface area contributed by atoms with Crippen LogP contribution >= 0.6 is 0 Å². The summed E-state index contributed by atoms with van der Waals surface area (Å²) in [7, 11) is 1.94. The summed E-state index contributed by atoms with van der Waals surface area (Å²) in [4.78, 5) is 0. The molecular formula is C10H17N3O. The first-order chi connectivity index (χ1) is 6.81. The monoisotopic (exact) mass is 195 g/mol. The Morgan fingerprint density at radius 3 is 3.14 bits per heavy atom. The van der Waals surface area contributed by atoms with E-state index in [-0.39, 0.29) is 0 Å². The second-order valence-electron chi connectivity index (χ2n) is 3.80. The van der Waals surface area contributed by atoms with E-state index in [9.17, 15) is 0 Å². The highest BCUT2D eigenvalue weighted by Crippen LogP contribution is 2.24. The summed E-state index contributed by atoms with van der Waals surface area (Å²) in [6.07, 6.45) is 2.32. The van der Waals surface area contributed by atoms with Crippen molar-refractivity contribution >= 4 is 0 Å². The lowest BCUT2D eigenvalue weighted by Crippen LogP contribution is -2.16. The fourth-order valence-electron chi connectivity index (χ4n) is 1.89. The predicted molar refractivity (Wildman–Crippen MR) is 53.9 cm³/mol. The molecule has 1 fully saturated rings. The Hall–Kier alpha value is -0.870.